The van der Waals surface area contributed by atoms with E-state index < -0.39 is 0 Å². The van der Waals surface area contributed by atoms with E-state index in [9.17, 15) is 9.50 Å². The highest BCUT2D eigenvalue weighted by molar-refractivity contribution is 7.22. The van der Waals surface area contributed by atoms with Gasteiger partial charge in [-0.3, -0.25) is 4.40 Å². The van der Waals surface area contributed by atoms with Gasteiger partial charge in [0.05, 0.1) is 22.4 Å². The van der Waals surface area contributed by atoms with E-state index in [4.69, 9.17) is 0 Å². The maximum Gasteiger partial charge on any atom is 0.199 e. The molecule has 1 aliphatic carbocycles. The maximum atomic E-state index is 14.2. The molecule has 2 atom stereocenters. The molecule has 1 fully saturated rings. The van der Waals surface area contributed by atoms with E-state index in [0.29, 0.717) is 12.1 Å². The van der Waals surface area contributed by atoms with Crippen molar-refractivity contribution in [2.24, 2.45) is 0 Å². The first kappa shape index (κ1) is 17.6. The number of aliphatic hydroxyl groups is 1. The lowest BCUT2D eigenvalue weighted by molar-refractivity contribution is 0.116. The summed E-state index contributed by atoms with van der Waals surface area (Å²) in [4.78, 5) is 8.96. The lowest BCUT2D eigenvalue weighted by atomic mass is 9.93. The van der Waals surface area contributed by atoms with Crippen LogP contribution in [0.2, 0.25) is 0 Å². The fourth-order valence-electron chi connectivity index (χ4n) is 3.97. The number of rotatable bonds is 4. The summed E-state index contributed by atoms with van der Waals surface area (Å²) in [6, 6.07) is 11.1. The van der Waals surface area contributed by atoms with Crippen LogP contribution >= 0.6 is 11.3 Å². The van der Waals surface area contributed by atoms with E-state index in [1.54, 1.807) is 34.1 Å². The normalized spacial score (nSPS) is 20.1. The van der Waals surface area contributed by atoms with Crippen LogP contribution in [0.1, 0.15) is 36.9 Å². The van der Waals surface area contributed by atoms with Crippen molar-refractivity contribution in [2.45, 2.75) is 44.2 Å². The Bertz CT molecular complexity index is 1140. The molecule has 2 unspecified atom stereocenters. The van der Waals surface area contributed by atoms with E-state index in [1.807, 2.05) is 12.1 Å². The molecule has 0 saturated heterocycles. The van der Waals surface area contributed by atoms with Gasteiger partial charge in [0.25, 0.3) is 0 Å². The van der Waals surface area contributed by atoms with Gasteiger partial charge in [0.15, 0.2) is 11.1 Å². The van der Waals surface area contributed by atoms with Gasteiger partial charge in [-0.15, -0.1) is 0 Å². The largest absolute Gasteiger partial charge is 0.391 e. The highest BCUT2D eigenvalue weighted by atomic mass is 32.1. The molecule has 5 nitrogen and oxygen atoms in total. The molecule has 0 amide bonds. The monoisotopic (exact) mass is 396 g/mol. The van der Waals surface area contributed by atoms with Gasteiger partial charge in [-0.25, -0.2) is 9.97 Å². The number of hydrogen-bond acceptors (Lipinski definition) is 5. The minimum atomic E-state index is -0.304. The first-order valence-corrected chi connectivity index (χ1v) is 10.4. The number of anilines is 1. The summed E-state index contributed by atoms with van der Waals surface area (Å²) < 4.78 is 16.8. The number of pyridine rings is 1. The van der Waals surface area contributed by atoms with E-state index in [-0.39, 0.29) is 18.1 Å². The molecule has 1 aliphatic rings. The van der Waals surface area contributed by atoms with E-state index >= 15 is 0 Å². The van der Waals surface area contributed by atoms with Crippen LogP contribution in [0.15, 0.2) is 42.6 Å². The molecule has 5 rings (SSSR count). The number of hydrogen-bond donors (Lipinski definition) is 2. The summed E-state index contributed by atoms with van der Waals surface area (Å²) in [5.74, 6) is -0.304. The summed E-state index contributed by atoms with van der Waals surface area (Å²) in [6.45, 7) is 0. The van der Waals surface area contributed by atoms with Gasteiger partial charge in [0, 0.05) is 18.3 Å². The molecule has 0 spiro atoms. The molecule has 7 heteroatoms. The number of aromatic nitrogens is 3. The van der Waals surface area contributed by atoms with Crippen LogP contribution in [0.4, 0.5) is 9.52 Å². The highest BCUT2D eigenvalue weighted by Gasteiger charge is 2.23. The Hall–Kier alpha value is -2.51. The summed E-state index contributed by atoms with van der Waals surface area (Å²) in [5.41, 5.74) is 3.46. The summed E-state index contributed by atoms with van der Waals surface area (Å²) in [6.07, 6.45) is 6.07. The maximum absolute atomic E-state index is 14.2. The third-order valence-corrected chi connectivity index (χ3v) is 6.38. The minimum Gasteiger partial charge on any atom is -0.391 e. The third-order valence-electron chi connectivity index (χ3n) is 5.43. The van der Waals surface area contributed by atoms with Crippen LogP contribution in [0.3, 0.4) is 0 Å². The van der Waals surface area contributed by atoms with Gasteiger partial charge < -0.3 is 10.4 Å². The predicted molar refractivity (Wildman–Crippen MR) is 109 cm³/mol. The molecule has 144 valence electrons. The molecule has 0 bridgehead atoms. The van der Waals surface area contributed by atoms with Gasteiger partial charge in [-0.05, 0) is 42.7 Å². The molecule has 3 aromatic heterocycles. The molecule has 2 N–H and O–H groups in total. The third kappa shape index (κ3) is 3.25. The summed E-state index contributed by atoms with van der Waals surface area (Å²) >= 11 is 1.60. The lowest BCUT2D eigenvalue weighted by Gasteiger charge is -2.27. The lowest BCUT2D eigenvalue weighted by Crippen LogP contribution is -2.36. The molecule has 4 aromatic rings. The van der Waals surface area contributed by atoms with E-state index in [0.717, 1.165) is 52.3 Å². The average molecular weight is 396 g/mol. The second-order valence-electron chi connectivity index (χ2n) is 7.39. The average Bonchev–Trinajstić information content (AvgIpc) is 3.28. The highest BCUT2D eigenvalue weighted by Crippen LogP contribution is 2.30. The predicted octanol–water partition coefficient (Wildman–Crippen LogP) is 4.39. The number of halogens is 1. The van der Waals surface area contributed by atoms with E-state index in [2.05, 4.69) is 21.4 Å². The molecule has 3 heterocycles. The van der Waals surface area contributed by atoms with Crippen LogP contribution in [-0.2, 0) is 6.42 Å². The molecular formula is C21H21FN4OS. The van der Waals surface area contributed by atoms with Crippen molar-refractivity contribution in [1.29, 1.82) is 0 Å². The van der Waals surface area contributed by atoms with Crippen LogP contribution in [0.25, 0.3) is 15.9 Å². The van der Waals surface area contributed by atoms with Gasteiger partial charge in [0.2, 0.25) is 0 Å². The van der Waals surface area contributed by atoms with Crippen molar-refractivity contribution in [2.75, 3.05) is 5.32 Å². The standard InChI is InChI=1S/C21H21FN4OS/c22-19-6-3-7-20-23-12-14(26(19)20)10-13-8-9-16-18(11-13)28-21(25-16)24-15-4-1-2-5-17(15)27/h3,6-9,11-12,15,17,27H,1-2,4-5,10H2,(H,24,25). The van der Waals surface area contributed by atoms with Gasteiger partial charge >= 0.3 is 0 Å². The molecule has 0 aliphatic heterocycles. The zero-order valence-electron chi connectivity index (χ0n) is 15.3. The van der Waals surface area contributed by atoms with Crippen LogP contribution < -0.4 is 5.32 Å². The van der Waals surface area contributed by atoms with Crippen molar-refractivity contribution in [1.82, 2.24) is 14.4 Å². The zero-order valence-corrected chi connectivity index (χ0v) is 16.1. The van der Waals surface area contributed by atoms with Crippen molar-refractivity contribution >= 4 is 32.3 Å². The van der Waals surface area contributed by atoms with Crippen molar-refractivity contribution in [3.63, 3.8) is 0 Å². The van der Waals surface area contributed by atoms with E-state index in [1.165, 1.54) is 6.07 Å². The first-order chi connectivity index (χ1) is 13.7. The second kappa shape index (κ2) is 7.14. The number of imidazole rings is 1. The number of nitrogens with one attached hydrogen (secondary N) is 1. The van der Waals surface area contributed by atoms with Crippen molar-refractivity contribution in [3.05, 3.63) is 59.8 Å². The molecule has 1 saturated carbocycles. The number of nitrogens with zero attached hydrogens (tertiary/aromatic N) is 3. The Labute approximate surface area is 165 Å². The fourth-order valence-corrected chi connectivity index (χ4v) is 4.96. The summed E-state index contributed by atoms with van der Waals surface area (Å²) in [7, 11) is 0. The minimum absolute atomic E-state index is 0.0786. The first-order valence-electron chi connectivity index (χ1n) is 9.62. The quantitative estimate of drug-likeness (QED) is 0.502. The SMILES string of the molecule is OC1CCCCC1Nc1nc2ccc(Cc3cnc4cccc(F)n34)cc2s1. The second-order valence-corrected chi connectivity index (χ2v) is 8.42. The van der Waals surface area contributed by atoms with Crippen LogP contribution in [0.5, 0.6) is 0 Å². The molecule has 1 aromatic carbocycles. The van der Waals surface area contributed by atoms with Crippen LogP contribution in [0, 0.1) is 5.95 Å². The van der Waals surface area contributed by atoms with Crippen LogP contribution in [-0.4, -0.2) is 31.6 Å². The molecular weight excluding hydrogens is 375 g/mol. The number of fused-ring (bicyclic) bond motifs is 2. The Morgan fingerprint density at radius 1 is 1.21 bits per heavy atom. The number of benzene rings is 1. The van der Waals surface area contributed by atoms with Crippen molar-refractivity contribution < 1.29 is 9.50 Å². The Kier molecular flexibility index (Phi) is 4.49. The Morgan fingerprint density at radius 2 is 2.11 bits per heavy atom. The number of thiazole rings is 1. The Morgan fingerprint density at radius 3 is 3.00 bits per heavy atom. The van der Waals surface area contributed by atoms with Crippen molar-refractivity contribution in [3.8, 4) is 0 Å². The molecule has 0 radical (unpaired) electrons. The number of aliphatic hydroxyl groups excluding tert-OH is 1. The molecule has 28 heavy (non-hydrogen) atoms. The topological polar surface area (TPSA) is 62.5 Å². The zero-order chi connectivity index (χ0) is 19.1. The summed E-state index contributed by atoms with van der Waals surface area (Å²) in [5, 5.41) is 14.4. The Balaban J connectivity index is 1.40. The van der Waals surface area contributed by atoms with Gasteiger partial charge in [-0.2, -0.15) is 4.39 Å². The van der Waals surface area contributed by atoms with Gasteiger partial charge in [0.1, 0.15) is 5.65 Å². The van der Waals surface area contributed by atoms with Gasteiger partial charge in [-0.1, -0.05) is 36.3 Å². The smallest absolute Gasteiger partial charge is 0.199 e. The fraction of sp³-hybridized carbons (Fsp3) is 0.333.